The molecule has 0 amide bonds. The molecule has 0 fully saturated rings. The predicted octanol–water partition coefficient (Wildman–Crippen LogP) is 11.6. The molecule has 41 heavy (non-hydrogen) atoms. The van der Waals surface area contributed by atoms with E-state index in [0.29, 0.717) is 0 Å². The molecule has 0 atom stereocenters. The molecule has 0 radical (unpaired) electrons. The van der Waals surface area contributed by atoms with Gasteiger partial charge in [-0.2, -0.15) is 0 Å². The van der Waals surface area contributed by atoms with Gasteiger partial charge < -0.3 is 14.2 Å². The fraction of sp³-hybridized carbons (Fsp3) is 0.243. The molecule has 1 aromatic heterocycles. The molecule has 0 unspecified atom stereocenters. The van der Waals surface area contributed by atoms with Gasteiger partial charge in [-0.25, -0.2) is 0 Å². The second-order valence-corrected chi connectivity index (χ2v) is 13.9. The van der Waals surface area contributed by atoms with Gasteiger partial charge in [0, 0.05) is 33.2 Å². The minimum absolute atomic E-state index is 0.0772. The quantitative estimate of drug-likeness (QED) is 0.210. The smallest absolute Gasteiger partial charge is 0.189 e. The fourth-order valence-corrected chi connectivity index (χ4v) is 6.51. The van der Waals surface area contributed by atoms with Crippen molar-refractivity contribution in [3.63, 3.8) is 0 Å². The van der Waals surface area contributed by atoms with Gasteiger partial charge in [0.15, 0.2) is 5.09 Å². The summed E-state index contributed by atoms with van der Waals surface area (Å²) in [5.74, 6) is 0. The van der Waals surface area contributed by atoms with Crippen LogP contribution >= 0.6 is 11.8 Å². The number of rotatable bonds is 2. The summed E-state index contributed by atoms with van der Waals surface area (Å²) in [6.45, 7) is 15.7. The number of hydrogen-bond acceptors (Lipinski definition) is 4. The van der Waals surface area contributed by atoms with Crippen molar-refractivity contribution in [1.82, 2.24) is 0 Å². The Morgan fingerprint density at radius 2 is 1.22 bits per heavy atom. The first-order valence-electron chi connectivity index (χ1n) is 14.3. The zero-order valence-corrected chi connectivity index (χ0v) is 25.8. The van der Waals surface area contributed by atoms with Gasteiger partial charge in [-0.15, -0.1) is 0 Å². The number of para-hydroxylation sites is 2. The van der Waals surface area contributed by atoms with Gasteiger partial charge >= 0.3 is 0 Å². The average Bonchev–Trinajstić information content (AvgIpc) is 3.33. The van der Waals surface area contributed by atoms with E-state index in [1.807, 2.05) is 6.26 Å². The molecule has 4 heteroatoms. The van der Waals surface area contributed by atoms with E-state index < -0.39 is 0 Å². The third-order valence-corrected chi connectivity index (χ3v) is 8.68. The van der Waals surface area contributed by atoms with Gasteiger partial charge in [-0.1, -0.05) is 84.0 Å². The topological polar surface area (TPSA) is 19.6 Å². The highest BCUT2D eigenvalue weighted by molar-refractivity contribution is 7.99. The average molecular weight is 559 g/mol. The third-order valence-electron chi connectivity index (χ3n) is 7.64. The monoisotopic (exact) mass is 558 g/mol. The maximum absolute atomic E-state index is 6.48. The Morgan fingerprint density at radius 3 is 1.88 bits per heavy atom. The zero-order valence-electron chi connectivity index (χ0n) is 25.0. The summed E-state index contributed by atoms with van der Waals surface area (Å²) in [6, 6.07) is 35.2. The standard InChI is InChI=1S/C37H38N2OS/c1-25-21-29-23-30(22-25)39(28-19-17-26(18-20-28)36(2,3)4)34-31(37(5,6)7)24-40-35(34)41-33-16-12-11-15-32(33)38(29)27-13-9-8-10-14-27/h8-24H,1-7H3. The van der Waals surface area contributed by atoms with Crippen molar-refractivity contribution in [1.29, 1.82) is 0 Å². The van der Waals surface area contributed by atoms with Gasteiger partial charge in [0.25, 0.3) is 0 Å². The largest absolute Gasteiger partial charge is 0.455 e. The molecule has 0 spiro atoms. The SMILES string of the molecule is Cc1cc2cc(c1)N(c1ccc(C(C)(C)C)cc1)c1c(C(C)(C)C)coc1Sc1ccccc1N2c1ccccc1. The van der Waals surface area contributed by atoms with Gasteiger partial charge in [-0.3, -0.25) is 0 Å². The molecule has 5 aromatic rings. The molecule has 4 aromatic carbocycles. The molecule has 0 saturated carbocycles. The van der Waals surface area contributed by atoms with E-state index in [9.17, 15) is 0 Å². The Labute approximate surface area is 248 Å². The van der Waals surface area contributed by atoms with Crippen molar-refractivity contribution in [2.75, 3.05) is 9.80 Å². The van der Waals surface area contributed by atoms with Gasteiger partial charge in [0.05, 0.1) is 12.0 Å². The lowest BCUT2D eigenvalue weighted by Crippen LogP contribution is -2.20. The van der Waals surface area contributed by atoms with E-state index in [1.165, 1.54) is 16.7 Å². The molecule has 3 nitrogen and oxygen atoms in total. The van der Waals surface area contributed by atoms with E-state index in [2.05, 4.69) is 155 Å². The Balaban J connectivity index is 1.68. The van der Waals surface area contributed by atoms with E-state index in [4.69, 9.17) is 4.42 Å². The zero-order chi connectivity index (χ0) is 28.9. The first kappa shape index (κ1) is 27.3. The van der Waals surface area contributed by atoms with Crippen LogP contribution in [0.1, 0.15) is 58.2 Å². The van der Waals surface area contributed by atoms with Crippen molar-refractivity contribution in [3.8, 4) is 0 Å². The molecule has 2 heterocycles. The van der Waals surface area contributed by atoms with Gasteiger partial charge in [0.2, 0.25) is 0 Å². The van der Waals surface area contributed by atoms with E-state index >= 15 is 0 Å². The molecule has 1 aliphatic heterocycles. The first-order valence-corrected chi connectivity index (χ1v) is 15.1. The molecular formula is C37H38N2OS. The summed E-state index contributed by atoms with van der Waals surface area (Å²) in [6.07, 6.45) is 1.96. The van der Waals surface area contributed by atoms with Crippen LogP contribution in [0.3, 0.4) is 0 Å². The number of furan rings is 1. The lowest BCUT2D eigenvalue weighted by Gasteiger charge is -2.34. The van der Waals surface area contributed by atoms with E-state index in [0.717, 1.165) is 44.1 Å². The van der Waals surface area contributed by atoms with Crippen molar-refractivity contribution in [2.24, 2.45) is 0 Å². The minimum Gasteiger partial charge on any atom is -0.455 e. The van der Waals surface area contributed by atoms with Crippen LogP contribution in [0.4, 0.5) is 34.1 Å². The molecular weight excluding hydrogens is 520 g/mol. The Kier molecular flexibility index (Phi) is 6.78. The van der Waals surface area contributed by atoms with Crippen LogP contribution in [-0.2, 0) is 10.8 Å². The Morgan fingerprint density at radius 1 is 0.610 bits per heavy atom. The molecule has 6 rings (SSSR count). The second-order valence-electron chi connectivity index (χ2n) is 12.9. The number of nitrogens with zero attached hydrogens (tertiary/aromatic N) is 2. The Hall–Kier alpha value is -3.89. The molecule has 2 bridgehead atoms. The number of hydrogen-bond donors (Lipinski definition) is 0. The van der Waals surface area contributed by atoms with Crippen LogP contribution < -0.4 is 9.80 Å². The summed E-state index contributed by atoms with van der Waals surface area (Å²) in [4.78, 5) is 5.89. The van der Waals surface area contributed by atoms with Crippen LogP contribution in [0.5, 0.6) is 0 Å². The minimum atomic E-state index is -0.117. The lowest BCUT2D eigenvalue weighted by atomic mass is 9.86. The lowest BCUT2D eigenvalue weighted by molar-refractivity contribution is 0.468. The van der Waals surface area contributed by atoms with Crippen LogP contribution in [0.2, 0.25) is 0 Å². The summed E-state index contributed by atoms with van der Waals surface area (Å²) < 4.78 is 6.48. The normalized spacial score (nSPS) is 13.5. The van der Waals surface area contributed by atoms with E-state index in [-0.39, 0.29) is 10.8 Å². The van der Waals surface area contributed by atoms with Gasteiger partial charge in [-0.05, 0) is 95.2 Å². The van der Waals surface area contributed by atoms with Crippen molar-refractivity contribution < 1.29 is 4.42 Å². The van der Waals surface area contributed by atoms with Crippen LogP contribution in [0, 0.1) is 6.92 Å². The number of benzene rings is 4. The number of anilines is 6. The summed E-state index contributed by atoms with van der Waals surface area (Å²) in [7, 11) is 0. The number of fused-ring (bicyclic) bond motifs is 4. The summed E-state index contributed by atoms with van der Waals surface area (Å²) >= 11 is 1.69. The fourth-order valence-electron chi connectivity index (χ4n) is 5.50. The molecule has 0 saturated heterocycles. The maximum atomic E-state index is 6.48. The molecule has 0 aliphatic carbocycles. The van der Waals surface area contributed by atoms with Crippen molar-refractivity contribution in [3.05, 3.63) is 120 Å². The highest BCUT2D eigenvalue weighted by Gasteiger charge is 2.32. The van der Waals surface area contributed by atoms with Crippen molar-refractivity contribution in [2.45, 2.75) is 69.3 Å². The van der Waals surface area contributed by atoms with E-state index in [1.54, 1.807) is 11.8 Å². The summed E-state index contributed by atoms with van der Waals surface area (Å²) in [5.41, 5.74) is 10.3. The predicted molar refractivity (Wildman–Crippen MR) is 174 cm³/mol. The Bertz CT molecular complexity index is 1690. The highest BCUT2D eigenvalue weighted by atomic mass is 32.2. The summed E-state index contributed by atoms with van der Waals surface area (Å²) in [5, 5.41) is 0.889. The van der Waals surface area contributed by atoms with Crippen LogP contribution in [0.25, 0.3) is 0 Å². The van der Waals surface area contributed by atoms with Crippen LogP contribution in [-0.4, -0.2) is 0 Å². The highest BCUT2D eigenvalue weighted by Crippen LogP contribution is 2.53. The number of aryl methyl sites for hydroxylation is 1. The maximum Gasteiger partial charge on any atom is 0.189 e. The molecule has 0 N–H and O–H groups in total. The second kappa shape index (κ2) is 10.2. The van der Waals surface area contributed by atoms with Crippen LogP contribution in [0.15, 0.2) is 118 Å². The third kappa shape index (κ3) is 5.17. The molecule has 208 valence electrons. The van der Waals surface area contributed by atoms with Crippen molar-refractivity contribution >= 4 is 45.9 Å². The van der Waals surface area contributed by atoms with Gasteiger partial charge in [0.1, 0.15) is 5.69 Å². The molecule has 1 aliphatic rings. The first-order chi connectivity index (χ1) is 19.5.